The predicted octanol–water partition coefficient (Wildman–Crippen LogP) is 1.96. The summed E-state index contributed by atoms with van der Waals surface area (Å²) in [6, 6.07) is 5.42. The van der Waals surface area contributed by atoms with E-state index in [0.29, 0.717) is 24.5 Å². The Morgan fingerprint density at radius 3 is 2.67 bits per heavy atom. The minimum Gasteiger partial charge on any atom is -0.493 e. The summed E-state index contributed by atoms with van der Waals surface area (Å²) in [6.45, 7) is 0.297. The Hall–Kier alpha value is -2.81. The fourth-order valence-electron chi connectivity index (χ4n) is 2.03. The van der Waals surface area contributed by atoms with Crippen molar-refractivity contribution in [3.05, 3.63) is 44.6 Å². The van der Waals surface area contributed by atoms with E-state index in [4.69, 9.17) is 21.1 Å². The lowest BCUT2D eigenvalue weighted by Crippen LogP contribution is -2.26. The Kier molecular flexibility index (Phi) is 5.59. The molecule has 24 heavy (non-hydrogen) atoms. The van der Waals surface area contributed by atoms with Crippen LogP contribution in [0.1, 0.15) is 16.1 Å². The number of nitrogens with one attached hydrogen (secondary N) is 2. The zero-order valence-corrected chi connectivity index (χ0v) is 13.7. The summed E-state index contributed by atoms with van der Waals surface area (Å²) in [4.78, 5) is 21.9. The molecule has 0 aliphatic rings. The molecule has 2 rings (SSSR count). The number of H-pyrrole nitrogens is 1. The third kappa shape index (κ3) is 3.74. The fraction of sp³-hybridized carbons (Fsp3) is 0.286. The Bertz CT molecular complexity index is 762. The number of ether oxygens (including phenoxy) is 2. The van der Waals surface area contributed by atoms with E-state index in [1.807, 2.05) is 6.07 Å². The smallest absolute Gasteiger partial charge is 0.362 e. The van der Waals surface area contributed by atoms with Gasteiger partial charge in [0.05, 0.1) is 14.2 Å². The molecule has 9 nitrogen and oxygen atoms in total. The van der Waals surface area contributed by atoms with Crippen molar-refractivity contribution < 1.29 is 19.2 Å². The van der Waals surface area contributed by atoms with Crippen LogP contribution < -0.4 is 14.8 Å². The summed E-state index contributed by atoms with van der Waals surface area (Å²) in [6.07, 6.45) is 0.524. The van der Waals surface area contributed by atoms with Crippen molar-refractivity contribution >= 4 is 23.3 Å². The van der Waals surface area contributed by atoms with Gasteiger partial charge in [0.25, 0.3) is 5.91 Å². The Morgan fingerprint density at radius 2 is 2.08 bits per heavy atom. The van der Waals surface area contributed by atoms with Crippen molar-refractivity contribution in [2.75, 3.05) is 20.8 Å². The van der Waals surface area contributed by atoms with Crippen molar-refractivity contribution in [3.63, 3.8) is 0 Å². The highest BCUT2D eigenvalue weighted by Crippen LogP contribution is 2.27. The number of hydrogen-bond donors (Lipinski definition) is 2. The number of benzene rings is 1. The zero-order chi connectivity index (χ0) is 17.7. The molecule has 0 aliphatic heterocycles. The van der Waals surface area contributed by atoms with Gasteiger partial charge in [-0.3, -0.25) is 4.79 Å². The van der Waals surface area contributed by atoms with E-state index in [9.17, 15) is 14.9 Å². The van der Waals surface area contributed by atoms with Crippen LogP contribution in [0.5, 0.6) is 11.5 Å². The lowest BCUT2D eigenvalue weighted by Gasteiger charge is -2.09. The SMILES string of the molecule is COc1ccc(CCNC(=O)c2n[nH]c([N+](=O)[O-])c2Cl)cc1OC. The van der Waals surface area contributed by atoms with Crippen LogP contribution in [0.15, 0.2) is 18.2 Å². The molecule has 0 aliphatic carbocycles. The van der Waals surface area contributed by atoms with Gasteiger partial charge in [0.1, 0.15) is 0 Å². The molecular weight excluding hydrogens is 340 g/mol. The number of nitrogens with zero attached hydrogens (tertiary/aromatic N) is 2. The Morgan fingerprint density at radius 1 is 1.38 bits per heavy atom. The molecule has 0 spiro atoms. The van der Waals surface area contributed by atoms with Crippen LogP contribution in [0.2, 0.25) is 5.02 Å². The van der Waals surface area contributed by atoms with Gasteiger partial charge in [-0.25, -0.2) is 0 Å². The summed E-state index contributed by atoms with van der Waals surface area (Å²) in [7, 11) is 3.08. The monoisotopic (exact) mass is 354 g/mol. The largest absolute Gasteiger partial charge is 0.493 e. The molecule has 0 atom stereocenters. The fourth-order valence-corrected chi connectivity index (χ4v) is 2.27. The number of aromatic nitrogens is 2. The minimum atomic E-state index is -0.740. The first-order chi connectivity index (χ1) is 11.5. The van der Waals surface area contributed by atoms with Crippen LogP contribution in [0.25, 0.3) is 0 Å². The number of carbonyl (C=O) groups excluding carboxylic acids is 1. The average molecular weight is 355 g/mol. The standard InChI is InChI=1S/C14H15ClN4O5/c1-23-9-4-3-8(7-10(9)24-2)5-6-16-14(20)12-11(15)13(18-17-12)19(21)22/h3-4,7H,5-6H2,1-2H3,(H,16,20)(H,17,18). The maximum atomic E-state index is 12.0. The molecule has 0 saturated heterocycles. The van der Waals surface area contributed by atoms with Gasteiger partial charge < -0.3 is 24.9 Å². The van der Waals surface area contributed by atoms with E-state index in [2.05, 4.69) is 15.5 Å². The van der Waals surface area contributed by atoms with Crippen LogP contribution in [0.3, 0.4) is 0 Å². The number of rotatable bonds is 7. The van der Waals surface area contributed by atoms with E-state index in [1.165, 1.54) is 7.11 Å². The normalized spacial score (nSPS) is 10.3. The topological polar surface area (TPSA) is 119 Å². The van der Waals surface area contributed by atoms with Crippen LogP contribution in [0.4, 0.5) is 5.82 Å². The number of carbonyl (C=O) groups is 1. The highest BCUT2D eigenvalue weighted by Gasteiger charge is 2.24. The summed E-state index contributed by atoms with van der Waals surface area (Å²) >= 11 is 5.76. The second-order valence-electron chi connectivity index (χ2n) is 4.69. The van der Waals surface area contributed by atoms with Crippen LogP contribution in [-0.2, 0) is 6.42 Å². The van der Waals surface area contributed by atoms with Gasteiger partial charge in [0, 0.05) is 6.54 Å². The summed E-state index contributed by atoms with van der Waals surface area (Å²) in [5.41, 5.74) is 0.711. The molecule has 0 unspecified atom stereocenters. The second kappa shape index (κ2) is 7.64. The third-order valence-corrected chi connectivity index (χ3v) is 3.59. The van der Waals surface area contributed by atoms with Crippen LogP contribution in [-0.4, -0.2) is 41.8 Å². The number of hydrogen-bond acceptors (Lipinski definition) is 6. The molecule has 2 aromatic rings. The number of aromatic amines is 1. The van der Waals surface area contributed by atoms with Gasteiger partial charge >= 0.3 is 5.82 Å². The first-order valence-electron chi connectivity index (χ1n) is 6.85. The molecule has 1 heterocycles. The molecule has 0 bridgehead atoms. The van der Waals surface area contributed by atoms with Crippen LogP contribution >= 0.6 is 11.6 Å². The van der Waals surface area contributed by atoms with Crippen molar-refractivity contribution in [1.29, 1.82) is 0 Å². The molecule has 0 radical (unpaired) electrons. The Balaban J connectivity index is 1.97. The highest BCUT2D eigenvalue weighted by molar-refractivity contribution is 6.35. The molecule has 0 saturated carbocycles. The highest BCUT2D eigenvalue weighted by atomic mass is 35.5. The zero-order valence-electron chi connectivity index (χ0n) is 13.0. The summed E-state index contributed by atoms with van der Waals surface area (Å²) in [5, 5.41) is 18.6. The molecule has 2 N–H and O–H groups in total. The summed E-state index contributed by atoms with van der Waals surface area (Å²) < 4.78 is 10.4. The van der Waals surface area contributed by atoms with Gasteiger partial charge in [0.15, 0.2) is 22.2 Å². The molecule has 1 amide bonds. The van der Waals surface area contributed by atoms with E-state index in [1.54, 1.807) is 19.2 Å². The lowest BCUT2D eigenvalue weighted by atomic mass is 10.1. The van der Waals surface area contributed by atoms with Gasteiger partial charge in [-0.2, -0.15) is 0 Å². The molecular formula is C14H15ClN4O5. The van der Waals surface area contributed by atoms with Gasteiger partial charge in [0.2, 0.25) is 0 Å². The minimum absolute atomic E-state index is 0.212. The average Bonchev–Trinajstić information content (AvgIpc) is 2.96. The third-order valence-electron chi connectivity index (χ3n) is 3.23. The number of amides is 1. The lowest BCUT2D eigenvalue weighted by molar-refractivity contribution is -0.389. The van der Waals surface area contributed by atoms with Crippen molar-refractivity contribution in [1.82, 2.24) is 15.5 Å². The van der Waals surface area contributed by atoms with E-state index >= 15 is 0 Å². The van der Waals surface area contributed by atoms with Gasteiger partial charge in [-0.15, -0.1) is 5.10 Å². The van der Waals surface area contributed by atoms with Gasteiger partial charge in [-0.1, -0.05) is 22.8 Å². The van der Waals surface area contributed by atoms with Crippen molar-refractivity contribution in [3.8, 4) is 11.5 Å². The van der Waals surface area contributed by atoms with E-state index in [0.717, 1.165) is 5.56 Å². The molecule has 1 aromatic carbocycles. The maximum Gasteiger partial charge on any atom is 0.362 e. The summed E-state index contributed by atoms with van der Waals surface area (Å²) in [5.74, 6) is 0.0970. The maximum absolute atomic E-state index is 12.0. The number of methoxy groups -OCH3 is 2. The first-order valence-corrected chi connectivity index (χ1v) is 7.23. The predicted molar refractivity (Wildman–Crippen MR) is 85.8 cm³/mol. The first kappa shape index (κ1) is 17.5. The second-order valence-corrected chi connectivity index (χ2v) is 5.07. The Labute approximate surface area is 142 Å². The number of halogens is 1. The van der Waals surface area contributed by atoms with Crippen molar-refractivity contribution in [2.24, 2.45) is 0 Å². The van der Waals surface area contributed by atoms with Crippen molar-refractivity contribution in [2.45, 2.75) is 6.42 Å². The molecule has 128 valence electrons. The van der Waals surface area contributed by atoms with E-state index in [-0.39, 0.29) is 10.7 Å². The van der Waals surface area contributed by atoms with Gasteiger partial charge in [-0.05, 0) is 29.0 Å². The quantitative estimate of drug-likeness (QED) is 0.579. The molecule has 1 aromatic heterocycles. The van der Waals surface area contributed by atoms with Crippen LogP contribution in [0, 0.1) is 10.1 Å². The van der Waals surface area contributed by atoms with E-state index < -0.39 is 16.6 Å². The molecule has 10 heteroatoms. The number of nitro groups is 1. The molecule has 0 fully saturated rings.